The van der Waals surface area contributed by atoms with Crippen molar-refractivity contribution >= 4 is 43.9 Å². The summed E-state index contributed by atoms with van der Waals surface area (Å²) in [5.74, 6) is 0. The van der Waals surface area contributed by atoms with Gasteiger partial charge < -0.3 is 0 Å². The van der Waals surface area contributed by atoms with E-state index in [0.717, 1.165) is 66.5 Å². The zero-order valence-corrected chi connectivity index (χ0v) is 21.4. The molecule has 8 rings (SSSR count). The molecule has 5 aromatic heterocycles. The van der Waals surface area contributed by atoms with Gasteiger partial charge >= 0.3 is 0 Å². The highest BCUT2D eigenvalue weighted by Crippen LogP contribution is 2.31. The Morgan fingerprint density at radius 1 is 0.325 bits per heavy atom. The van der Waals surface area contributed by atoms with Crippen molar-refractivity contribution in [1.29, 1.82) is 0 Å². The third-order valence-corrected chi connectivity index (χ3v) is 6.67. The Morgan fingerprint density at radius 3 is 1.50 bits per heavy atom. The van der Waals surface area contributed by atoms with Crippen LogP contribution < -0.4 is 0 Å². The molecule has 3 aromatic carbocycles. The lowest BCUT2D eigenvalue weighted by atomic mass is 10.1. The van der Waals surface area contributed by atoms with Crippen molar-refractivity contribution in [3.8, 4) is 22.6 Å². The number of hydrogen-bond donors (Lipinski definition) is 0. The van der Waals surface area contributed by atoms with Gasteiger partial charge in [0.15, 0.2) is 0 Å². The predicted molar refractivity (Wildman–Crippen MR) is 161 cm³/mol. The number of aromatic nitrogens is 6. The van der Waals surface area contributed by atoms with E-state index in [1.54, 1.807) is 18.6 Å². The van der Waals surface area contributed by atoms with Gasteiger partial charge in [0.25, 0.3) is 0 Å². The lowest BCUT2D eigenvalue weighted by Crippen LogP contribution is -1.93. The predicted octanol–water partition coefficient (Wildman–Crippen LogP) is 7.69. The smallest absolute Gasteiger partial charge is 0.0996 e. The molecule has 0 aliphatic carbocycles. The molecule has 6 nitrogen and oxygen atoms in total. The zero-order valence-electron chi connectivity index (χ0n) is 21.4. The van der Waals surface area contributed by atoms with Crippen molar-refractivity contribution in [3.05, 3.63) is 134 Å². The number of fused-ring (bicyclic) bond motifs is 7. The number of pyridine rings is 4. The summed E-state index contributed by atoms with van der Waals surface area (Å²) in [6, 6.07) is 37.9. The maximum atomic E-state index is 4.83. The van der Waals surface area contributed by atoms with E-state index in [2.05, 4.69) is 32.1 Å². The van der Waals surface area contributed by atoms with Gasteiger partial charge in [-0.25, -0.2) is 15.0 Å². The molecular formula is C34H22N6. The van der Waals surface area contributed by atoms with Gasteiger partial charge in [-0.05, 0) is 60.7 Å². The number of rotatable bonds is 2. The molecule has 0 bridgehead atoms. The van der Waals surface area contributed by atoms with E-state index >= 15 is 0 Å². The average molecular weight is 515 g/mol. The van der Waals surface area contributed by atoms with Crippen molar-refractivity contribution in [2.24, 2.45) is 0 Å². The van der Waals surface area contributed by atoms with Crippen LogP contribution in [0.4, 0.5) is 0 Å². The van der Waals surface area contributed by atoms with E-state index in [1.165, 1.54) is 0 Å². The van der Waals surface area contributed by atoms with Gasteiger partial charge in [-0.3, -0.25) is 15.0 Å². The first-order valence-corrected chi connectivity index (χ1v) is 13.0. The van der Waals surface area contributed by atoms with Gasteiger partial charge in [-0.2, -0.15) is 0 Å². The Hall–Kier alpha value is -5.62. The fraction of sp³-hybridized carbons (Fsp3) is 0. The molecule has 0 amide bonds. The first-order chi connectivity index (χ1) is 19.8. The third kappa shape index (κ3) is 4.37. The number of para-hydroxylation sites is 2. The van der Waals surface area contributed by atoms with Gasteiger partial charge in [-0.1, -0.05) is 54.6 Å². The van der Waals surface area contributed by atoms with Crippen LogP contribution in [-0.2, 0) is 0 Å². The second-order valence-corrected chi connectivity index (χ2v) is 9.20. The molecule has 0 unspecified atom stereocenters. The molecule has 0 aliphatic rings. The summed E-state index contributed by atoms with van der Waals surface area (Å²) in [7, 11) is 0. The van der Waals surface area contributed by atoms with Gasteiger partial charge in [-0.15, -0.1) is 0 Å². The first kappa shape index (κ1) is 23.5. The van der Waals surface area contributed by atoms with Crippen LogP contribution in [-0.4, -0.2) is 29.9 Å². The van der Waals surface area contributed by atoms with E-state index in [-0.39, 0.29) is 0 Å². The van der Waals surface area contributed by atoms with Crippen LogP contribution in [0, 0.1) is 0 Å². The highest BCUT2D eigenvalue weighted by atomic mass is 14.8. The number of benzene rings is 3. The van der Waals surface area contributed by atoms with Crippen LogP contribution in [0.2, 0.25) is 0 Å². The summed E-state index contributed by atoms with van der Waals surface area (Å²) < 4.78 is 0. The van der Waals surface area contributed by atoms with Crippen LogP contribution in [0.25, 0.3) is 66.5 Å². The number of nitrogens with zero attached hydrogens (tertiary/aromatic N) is 6. The van der Waals surface area contributed by atoms with Crippen molar-refractivity contribution in [1.82, 2.24) is 29.9 Å². The highest BCUT2D eigenvalue weighted by molar-refractivity contribution is 6.21. The molecule has 5 heterocycles. The van der Waals surface area contributed by atoms with Crippen LogP contribution in [0.15, 0.2) is 134 Å². The summed E-state index contributed by atoms with van der Waals surface area (Å²) >= 11 is 0. The summed E-state index contributed by atoms with van der Waals surface area (Å²) in [4.78, 5) is 27.6. The fourth-order valence-corrected chi connectivity index (χ4v) is 4.81. The van der Waals surface area contributed by atoms with Gasteiger partial charge in [0.2, 0.25) is 0 Å². The Morgan fingerprint density at radius 2 is 0.875 bits per heavy atom. The summed E-state index contributed by atoms with van der Waals surface area (Å²) in [6.07, 6.45) is 5.36. The summed E-state index contributed by atoms with van der Waals surface area (Å²) in [5.41, 5.74) is 9.17. The molecule has 188 valence electrons. The standard InChI is InChI=1S/C18H10N4.C16H12N2/c1-2-8-14-13(7-1)21-17-11-5-3-9-19-15(11)16-12(18(17)22-14)6-4-10-20-16;1-2-7-13(8-3-1)14-10-6-11-16(18-14)15-9-4-5-12-17-15/h1-10H;1-12H. The minimum Gasteiger partial charge on any atom is -0.255 e. The van der Waals surface area contributed by atoms with Crippen molar-refractivity contribution in [3.63, 3.8) is 0 Å². The van der Waals surface area contributed by atoms with Crippen LogP contribution in [0.1, 0.15) is 0 Å². The minimum atomic E-state index is 0.871. The van der Waals surface area contributed by atoms with E-state index in [9.17, 15) is 0 Å². The zero-order chi connectivity index (χ0) is 26.7. The third-order valence-electron chi connectivity index (χ3n) is 6.67. The van der Waals surface area contributed by atoms with Crippen LogP contribution in [0.5, 0.6) is 0 Å². The lowest BCUT2D eigenvalue weighted by molar-refractivity contribution is 1.25. The molecule has 8 aromatic rings. The Bertz CT molecular complexity index is 1960. The molecule has 0 saturated carbocycles. The maximum Gasteiger partial charge on any atom is 0.0996 e. The second-order valence-electron chi connectivity index (χ2n) is 9.20. The van der Waals surface area contributed by atoms with Crippen molar-refractivity contribution < 1.29 is 0 Å². The fourth-order valence-electron chi connectivity index (χ4n) is 4.81. The van der Waals surface area contributed by atoms with E-state index in [1.807, 2.05) is 103 Å². The molecule has 6 heteroatoms. The van der Waals surface area contributed by atoms with E-state index in [4.69, 9.17) is 9.97 Å². The molecule has 0 fully saturated rings. The van der Waals surface area contributed by atoms with E-state index < -0.39 is 0 Å². The maximum absolute atomic E-state index is 4.83. The lowest BCUT2D eigenvalue weighted by Gasteiger charge is -2.08. The molecule has 0 spiro atoms. The first-order valence-electron chi connectivity index (χ1n) is 13.0. The molecule has 0 atom stereocenters. The van der Waals surface area contributed by atoms with Crippen LogP contribution >= 0.6 is 0 Å². The average Bonchev–Trinajstić information content (AvgIpc) is 3.05. The van der Waals surface area contributed by atoms with Crippen molar-refractivity contribution in [2.75, 3.05) is 0 Å². The van der Waals surface area contributed by atoms with Gasteiger partial charge in [0.05, 0.1) is 50.2 Å². The Labute approximate surface area is 230 Å². The summed E-state index contributed by atoms with van der Waals surface area (Å²) in [6.45, 7) is 0. The molecule has 40 heavy (non-hydrogen) atoms. The van der Waals surface area contributed by atoms with E-state index in [0.29, 0.717) is 0 Å². The monoisotopic (exact) mass is 514 g/mol. The van der Waals surface area contributed by atoms with Crippen molar-refractivity contribution in [2.45, 2.75) is 0 Å². The quantitative estimate of drug-likeness (QED) is 0.174. The molecular weight excluding hydrogens is 492 g/mol. The molecule has 0 saturated heterocycles. The minimum absolute atomic E-state index is 0.871. The highest BCUT2D eigenvalue weighted by Gasteiger charge is 2.13. The largest absolute Gasteiger partial charge is 0.255 e. The Balaban J connectivity index is 0.000000135. The topological polar surface area (TPSA) is 77.3 Å². The van der Waals surface area contributed by atoms with Gasteiger partial charge in [0, 0.05) is 34.9 Å². The summed E-state index contributed by atoms with van der Waals surface area (Å²) in [5, 5.41) is 1.98. The SMILES string of the molecule is c1ccc(-c2cccc(-c3ccccn3)n2)cc1.c1ccc2nc3c4cccnc4c4ncccc4c3nc2c1. The number of hydrogen-bond acceptors (Lipinski definition) is 6. The van der Waals surface area contributed by atoms with Gasteiger partial charge in [0.1, 0.15) is 0 Å². The molecule has 0 N–H and O–H groups in total. The molecule has 0 radical (unpaired) electrons. The van der Waals surface area contributed by atoms with Crippen LogP contribution in [0.3, 0.4) is 0 Å². The molecule has 0 aliphatic heterocycles. The second kappa shape index (κ2) is 10.3. The Kier molecular flexibility index (Phi) is 6.03. The normalized spacial score (nSPS) is 11.0.